The first-order chi connectivity index (χ1) is 20.3. The number of hydrogen-bond donors (Lipinski definition) is 2. The monoisotopic (exact) mass is 620 g/mol. The molecule has 0 aromatic carbocycles. The highest BCUT2D eigenvalue weighted by atomic mass is 16.6. The number of carbonyl (C=O) groups excluding carboxylic acids is 4. The summed E-state index contributed by atoms with van der Waals surface area (Å²) in [4.78, 5) is 48.1. The minimum Gasteiger partial charge on any atom is -0.465 e. The van der Waals surface area contributed by atoms with Crippen molar-refractivity contribution >= 4 is 24.1 Å². The van der Waals surface area contributed by atoms with Crippen LogP contribution in [0.25, 0.3) is 0 Å². The molecule has 0 aromatic heterocycles. The number of amides is 2. The molecule has 2 rings (SSSR count). The maximum atomic E-state index is 12.3. The molecule has 0 radical (unpaired) electrons. The Morgan fingerprint density at radius 2 is 0.977 bits per heavy atom. The molecule has 0 aliphatic heterocycles. The summed E-state index contributed by atoms with van der Waals surface area (Å²) in [5, 5.41) is 24.5. The van der Waals surface area contributed by atoms with Gasteiger partial charge in [-0.15, -0.1) is 0 Å². The quantitative estimate of drug-likeness (QED) is 0.216. The predicted molar refractivity (Wildman–Crippen MR) is 162 cm³/mol. The number of nitrogens with zero attached hydrogens (tertiary/aromatic N) is 2. The fraction of sp³-hybridized carbons (Fsp3) is 0.812. The third-order valence-electron chi connectivity index (χ3n) is 7.50. The average Bonchev–Trinajstić information content (AvgIpc) is 3.81. The van der Waals surface area contributed by atoms with Gasteiger partial charge in [0.05, 0.1) is 25.4 Å². The van der Waals surface area contributed by atoms with Gasteiger partial charge >= 0.3 is 24.1 Å². The lowest BCUT2D eigenvalue weighted by Crippen LogP contribution is -2.45. The zero-order valence-electron chi connectivity index (χ0n) is 28.1. The number of ether oxygens (including phenoxy) is 4. The highest BCUT2D eigenvalue weighted by Crippen LogP contribution is 2.51. The maximum Gasteiger partial charge on any atom is 0.407 e. The summed E-state index contributed by atoms with van der Waals surface area (Å²) in [6, 6.07) is 4.33. The highest BCUT2D eigenvalue weighted by Gasteiger charge is 2.57. The SMILES string of the molecule is CCOC(=O)C(C#N)(C1CC1)[C@H](C)CNC(=O)OC(C)(C)C.CCOC(=O)C(C#N)(C1CC1)[C@H](C)CNC(=O)OC(C)(C)C. The molecule has 248 valence electrons. The van der Waals surface area contributed by atoms with Crippen LogP contribution >= 0.6 is 0 Å². The first-order valence-electron chi connectivity index (χ1n) is 15.4. The van der Waals surface area contributed by atoms with E-state index in [9.17, 15) is 29.7 Å². The van der Waals surface area contributed by atoms with Gasteiger partial charge in [0.1, 0.15) is 11.2 Å². The molecular formula is C32H52N4O8. The van der Waals surface area contributed by atoms with Gasteiger partial charge in [-0.3, -0.25) is 9.59 Å². The van der Waals surface area contributed by atoms with Crippen molar-refractivity contribution in [3.63, 3.8) is 0 Å². The topological polar surface area (TPSA) is 177 Å². The first-order valence-corrected chi connectivity index (χ1v) is 15.4. The molecule has 2 unspecified atom stereocenters. The molecule has 2 N–H and O–H groups in total. The van der Waals surface area contributed by atoms with Crippen LogP contribution in [0.4, 0.5) is 9.59 Å². The lowest BCUT2D eigenvalue weighted by atomic mass is 9.73. The van der Waals surface area contributed by atoms with Crippen molar-refractivity contribution in [2.45, 2.75) is 106 Å². The fourth-order valence-electron chi connectivity index (χ4n) is 5.04. The molecule has 44 heavy (non-hydrogen) atoms. The van der Waals surface area contributed by atoms with Gasteiger partial charge in [0.2, 0.25) is 0 Å². The van der Waals surface area contributed by atoms with Crippen LogP contribution < -0.4 is 10.6 Å². The summed E-state index contributed by atoms with van der Waals surface area (Å²) in [6.07, 6.45) is 2.25. The van der Waals surface area contributed by atoms with Crippen LogP contribution in [-0.2, 0) is 28.5 Å². The lowest BCUT2D eigenvalue weighted by molar-refractivity contribution is -0.156. The van der Waals surface area contributed by atoms with Gasteiger partial charge in [0.25, 0.3) is 0 Å². The molecule has 12 nitrogen and oxygen atoms in total. The van der Waals surface area contributed by atoms with Crippen LogP contribution in [0.2, 0.25) is 0 Å². The number of alkyl carbamates (subject to hydrolysis) is 2. The van der Waals surface area contributed by atoms with E-state index in [0.29, 0.717) is 0 Å². The molecule has 2 amide bonds. The van der Waals surface area contributed by atoms with Crippen LogP contribution in [0, 0.1) is 57.2 Å². The number of hydrogen-bond acceptors (Lipinski definition) is 10. The van der Waals surface area contributed by atoms with Crippen LogP contribution in [0.5, 0.6) is 0 Å². The van der Waals surface area contributed by atoms with Crippen LogP contribution in [0.15, 0.2) is 0 Å². The standard InChI is InChI=1S/2C16H26N2O4/c2*1-6-21-13(19)16(10-17,12-7-8-12)11(2)9-18-14(20)22-15(3,4)5/h2*11-12H,6-9H2,1-5H3,(H,18,20)/t2*11-,16?/m11/s1. The second-order valence-corrected chi connectivity index (χ2v) is 13.5. The number of nitriles is 2. The van der Waals surface area contributed by atoms with Crippen molar-refractivity contribution in [1.82, 2.24) is 10.6 Å². The molecule has 0 heterocycles. The summed E-state index contributed by atoms with van der Waals surface area (Å²) in [7, 11) is 0. The number of carbonyl (C=O) groups is 4. The van der Waals surface area contributed by atoms with Crippen molar-refractivity contribution in [2.24, 2.45) is 34.5 Å². The normalized spacial score (nSPS) is 18.5. The van der Waals surface area contributed by atoms with Gasteiger partial charge in [-0.05, 0) is 92.9 Å². The molecule has 0 bridgehead atoms. The van der Waals surface area contributed by atoms with Crippen LogP contribution in [-0.4, -0.2) is 61.6 Å². The third-order valence-corrected chi connectivity index (χ3v) is 7.50. The largest absolute Gasteiger partial charge is 0.465 e. The zero-order chi connectivity index (χ0) is 33.9. The van der Waals surface area contributed by atoms with E-state index in [0.717, 1.165) is 25.7 Å². The van der Waals surface area contributed by atoms with Crippen molar-refractivity contribution < 1.29 is 38.1 Å². The van der Waals surface area contributed by atoms with Gasteiger partial charge in [0.15, 0.2) is 10.8 Å². The predicted octanol–water partition coefficient (Wildman–Crippen LogP) is 5.26. The molecule has 2 fully saturated rings. The number of esters is 2. The van der Waals surface area contributed by atoms with Crippen LogP contribution in [0.3, 0.4) is 0 Å². The van der Waals surface area contributed by atoms with Gasteiger partial charge in [-0.1, -0.05) is 13.8 Å². The van der Waals surface area contributed by atoms with E-state index in [1.807, 2.05) is 0 Å². The Hall–Kier alpha value is -3.54. The van der Waals surface area contributed by atoms with E-state index in [-0.39, 0.29) is 50.0 Å². The van der Waals surface area contributed by atoms with Gasteiger partial charge in [-0.25, -0.2) is 9.59 Å². The molecular weight excluding hydrogens is 568 g/mol. The molecule has 2 aliphatic rings. The van der Waals surface area contributed by atoms with Gasteiger partial charge < -0.3 is 29.6 Å². The highest BCUT2D eigenvalue weighted by molar-refractivity contribution is 5.82. The van der Waals surface area contributed by atoms with Crippen molar-refractivity contribution in [3.05, 3.63) is 0 Å². The van der Waals surface area contributed by atoms with E-state index >= 15 is 0 Å². The third kappa shape index (κ3) is 10.9. The Bertz CT molecular complexity index is 1010. The first kappa shape index (κ1) is 38.5. The summed E-state index contributed by atoms with van der Waals surface area (Å²) >= 11 is 0. The van der Waals surface area contributed by atoms with Crippen molar-refractivity contribution in [3.8, 4) is 12.1 Å². The smallest absolute Gasteiger partial charge is 0.407 e. The molecule has 2 saturated carbocycles. The van der Waals surface area contributed by atoms with E-state index in [2.05, 4.69) is 22.8 Å². The Morgan fingerprint density at radius 3 is 1.18 bits per heavy atom. The molecule has 0 aromatic rings. The van der Waals surface area contributed by atoms with E-state index in [4.69, 9.17) is 18.9 Å². The van der Waals surface area contributed by atoms with Crippen molar-refractivity contribution in [1.29, 1.82) is 10.5 Å². The second-order valence-electron chi connectivity index (χ2n) is 13.5. The maximum absolute atomic E-state index is 12.3. The van der Waals surface area contributed by atoms with Gasteiger partial charge in [-0.2, -0.15) is 10.5 Å². The minimum atomic E-state index is -1.19. The second kappa shape index (κ2) is 16.0. The van der Waals surface area contributed by atoms with Crippen molar-refractivity contribution in [2.75, 3.05) is 26.3 Å². The molecule has 12 heteroatoms. The lowest BCUT2D eigenvalue weighted by Gasteiger charge is -2.31. The Kier molecular flexibility index (Phi) is 14.0. The van der Waals surface area contributed by atoms with E-state index in [1.54, 1.807) is 69.2 Å². The number of nitrogens with one attached hydrogen (secondary N) is 2. The average molecular weight is 621 g/mol. The van der Waals surface area contributed by atoms with Gasteiger partial charge in [0, 0.05) is 24.9 Å². The fourth-order valence-corrected chi connectivity index (χ4v) is 5.04. The summed E-state index contributed by atoms with van der Waals surface area (Å²) < 4.78 is 20.5. The molecule has 2 aliphatic carbocycles. The minimum absolute atomic E-state index is 0.00647. The number of rotatable bonds is 12. The zero-order valence-corrected chi connectivity index (χ0v) is 28.1. The molecule has 0 saturated heterocycles. The van der Waals surface area contributed by atoms with E-state index in [1.165, 1.54) is 0 Å². The summed E-state index contributed by atoms with van der Waals surface area (Å²) in [6.45, 7) is 18.5. The van der Waals surface area contributed by atoms with Crippen LogP contribution in [0.1, 0.15) is 94.9 Å². The Labute approximate surface area is 262 Å². The Balaban J connectivity index is 0.000000440. The van der Waals surface area contributed by atoms with E-state index < -0.39 is 46.2 Å². The summed E-state index contributed by atoms with van der Waals surface area (Å²) in [5.74, 6) is -1.66. The molecule has 0 spiro atoms. The Morgan fingerprint density at radius 1 is 0.682 bits per heavy atom. The molecule has 4 atom stereocenters. The summed E-state index contributed by atoms with van der Waals surface area (Å²) in [5.41, 5.74) is -3.55.